The van der Waals surface area contributed by atoms with Gasteiger partial charge in [0.25, 0.3) is 5.91 Å². The first kappa shape index (κ1) is 18.3. The van der Waals surface area contributed by atoms with Gasteiger partial charge in [-0.2, -0.15) is 0 Å². The molecule has 26 heavy (non-hydrogen) atoms. The Hall–Kier alpha value is -2.54. The Morgan fingerprint density at radius 2 is 2.04 bits per heavy atom. The first-order valence-electron chi connectivity index (χ1n) is 8.39. The van der Waals surface area contributed by atoms with Crippen molar-refractivity contribution in [3.8, 4) is 5.75 Å². The number of pyridine rings is 1. The third-order valence-corrected chi connectivity index (χ3v) is 4.65. The third-order valence-electron chi connectivity index (χ3n) is 4.65. The number of carbonyl (C=O) groups is 1. The topological polar surface area (TPSA) is 71.5 Å². The van der Waals surface area contributed by atoms with Gasteiger partial charge in [-0.25, -0.2) is 8.78 Å². The second-order valence-electron chi connectivity index (χ2n) is 6.46. The molecule has 138 valence electrons. The van der Waals surface area contributed by atoms with Crippen molar-refractivity contribution in [2.75, 3.05) is 7.11 Å². The van der Waals surface area contributed by atoms with Gasteiger partial charge in [0.15, 0.2) is 17.4 Å². The summed E-state index contributed by atoms with van der Waals surface area (Å²) in [5.41, 5.74) is 0.679. The van der Waals surface area contributed by atoms with Crippen LogP contribution in [0.15, 0.2) is 36.5 Å². The average molecular weight is 362 g/mol. The van der Waals surface area contributed by atoms with Gasteiger partial charge < -0.3 is 15.2 Å². The predicted octanol–water partition coefficient (Wildman–Crippen LogP) is 2.48. The second-order valence-corrected chi connectivity index (χ2v) is 6.46. The van der Waals surface area contributed by atoms with Crippen molar-refractivity contribution in [3.63, 3.8) is 0 Å². The van der Waals surface area contributed by atoms with Crippen LogP contribution in [0.3, 0.4) is 0 Å². The largest absolute Gasteiger partial charge is 0.491 e. The summed E-state index contributed by atoms with van der Waals surface area (Å²) in [5, 5.41) is 12.4. The third kappa shape index (κ3) is 3.99. The minimum Gasteiger partial charge on any atom is -0.491 e. The van der Waals surface area contributed by atoms with Gasteiger partial charge in [0, 0.05) is 29.9 Å². The molecule has 2 aromatic rings. The Balaban J connectivity index is 1.77. The van der Waals surface area contributed by atoms with Gasteiger partial charge in [-0.05, 0) is 43.0 Å². The number of amides is 1. The number of aliphatic hydroxyl groups is 1. The Labute approximate surface area is 150 Å². The minimum absolute atomic E-state index is 0.0869. The molecule has 1 aromatic heterocycles. The van der Waals surface area contributed by atoms with E-state index in [1.54, 1.807) is 12.3 Å². The van der Waals surface area contributed by atoms with Gasteiger partial charge in [-0.1, -0.05) is 6.07 Å². The van der Waals surface area contributed by atoms with Gasteiger partial charge >= 0.3 is 0 Å². The van der Waals surface area contributed by atoms with Crippen LogP contribution in [0.1, 0.15) is 28.9 Å². The number of methoxy groups -OCH3 is 1. The highest BCUT2D eigenvalue weighted by Gasteiger charge is 2.35. The number of hydrogen-bond acceptors (Lipinski definition) is 4. The van der Waals surface area contributed by atoms with E-state index >= 15 is 0 Å². The van der Waals surface area contributed by atoms with Crippen molar-refractivity contribution in [1.29, 1.82) is 0 Å². The van der Waals surface area contributed by atoms with Gasteiger partial charge in [0.2, 0.25) is 0 Å². The molecule has 1 saturated carbocycles. The fourth-order valence-corrected chi connectivity index (χ4v) is 3.18. The zero-order valence-electron chi connectivity index (χ0n) is 14.3. The first-order valence-corrected chi connectivity index (χ1v) is 8.39. The van der Waals surface area contributed by atoms with E-state index in [9.17, 15) is 18.7 Å². The maximum Gasteiger partial charge on any atom is 0.251 e. The molecule has 7 heteroatoms. The summed E-state index contributed by atoms with van der Waals surface area (Å²) in [4.78, 5) is 16.8. The standard InChI is InChI=1S/C19H20F2N2O3/c1-26-18-15(20)8-12(9-16(18)21)19(25)23-17(11-6-14(24)7-11)10-13-4-2-3-5-22-13/h2-5,8-9,11,14,17,24H,6-7,10H2,1H3,(H,23,25)/t11?,14?,17-/m0/s1. The zero-order chi connectivity index (χ0) is 18.7. The van der Waals surface area contributed by atoms with Crippen LogP contribution in [0.5, 0.6) is 5.75 Å². The number of carbonyl (C=O) groups excluding carboxylic acids is 1. The maximum absolute atomic E-state index is 13.9. The van der Waals surface area contributed by atoms with E-state index in [-0.39, 0.29) is 23.6 Å². The molecule has 0 saturated heterocycles. The molecule has 1 amide bonds. The first-order chi connectivity index (χ1) is 12.5. The van der Waals surface area contributed by atoms with E-state index in [1.165, 1.54) is 0 Å². The molecule has 0 radical (unpaired) electrons. The van der Waals surface area contributed by atoms with E-state index in [1.807, 2.05) is 12.1 Å². The Morgan fingerprint density at radius 3 is 2.58 bits per heavy atom. The molecular weight excluding hydrogens is 342 g/mol. The molecule has 1 heterocycles. The van der Waals surface area contributed by atoms with Gasteiger partial charge in [-0.3, -0.25) is 9.78 Å². The number of ether oxygens (including phenoxy) is 1. The van der Waals surface area contributed by atoms with E-state index in [0.717, 1.165) is 24.9 Å². The molecule has 0 bridgehead atoms. The molecule has 1 aromatic carbocycles. The number of hydrogen-bond donors (Lipinski definition) is 2. The highest BCUT2D eigenvalue weighted by Crippen LogP contribution is 2.32. The highest BCUT2D eigenvalue weighted by atomic mass is 19.1. The maximum atomic E-state index is 13.9. The lowest BCUT2D eigenvalue weighted by atomic mass is 9.76. The zero-order valence-corrected chi connectivity index (χ0v) is 14.3. The van der Waals surface area contributed by atoms with Crippen LogP contribution in [0.2, 0.25) is 0 Å². The van der Waals surface area contributed by atoms with Gasteiger partial charge in [0.1, 0.15) is 0 Å². The van der Waals surface area contributed by atoms with Crippen LogP contribution < -0.4 is 10.1 Å². The van der Waals surface area contributed by atoms with Crippen molar-refractivity contribution in [2.45, 2.75) is 31.4 Å². The molecule has 0 spiro atoms. The molecule has 2 N–H and O–H groups in total. The molecule has 5 nitrogen and oxygen atoms in total. The number of nitrogens with one attached hydrogen (secondary N) is 1. The Bertz CT molecular complexity index is 757. The van der Waals surface area contributed by atoms with E-state index in [0.29, 0.717) is 19.3 Å². The average Bonchev–Trinajstić information content (AvgIpc) is 2.59. The van der Waals surface area contributed by atoms with Crippen LogP contribution in [-0.2, 0) is 6.42 Å². The van der Waals surface area contributed by atoms with Crippen molar-refractivity contribution < 1.29 is 23.4 Å². The number of aromatic nitrogens is 1. The highest BCUT2D eigenvalue weighted by molar-refractivity contribution is 5.94. The number of nitrogens with zero attached hydrogens (tertiary/aromatic N) is 1. The number of aliphatic hydroxyl groups excluding tert-OH is 1. The summed E-state index contributed by atoms with van der Waals surface area (Å²) >= 11 is 0. The molecule has 1 aliphatic carbocycles. The monoisotopic (exact) mass is 362 g/mol. The van der Waals surface area contributed by atoms with Gasteiger partial charge in [-0.15, -0.1) is 0 Å². The fraction of sp³-hybridized carbons (Fsp3) is 0.368. The summed E-state index contributed by atoms with van der Waals surface area (Å²) < 4.78 is 32.3. The quantitative estimate of drug-likeness (QED) is 0.828. The smallest absolute Gasteiger partial charge is 0.251 e. The van der Waals surface area contributed by atoms with Gasteiger partial charge in [0.05, 0.1) is 13.2 Å². The van der Waals surface area contributed by atoms with Crippen molar-refractivity contribution in [2.24, 2.45) is 5.92 Å². The Kier molecular flexibility index (Phi) is 5.46. The summed E-state index contributed by atoms with van der Waals surface area (Å²) in [7, 11) is 1.16. The van der Waals surface area contributed by atoms with Crippen molar-refractivity contribution in [3.05, 3.63) is 59.4 Å². The molecule has 1 fully saturated rings. The normalized spacial score (nSPS) is 20.2. The molecule has 0 unspecified atom stereocenters. The molecule has 1 atom stereocenters. The fourth-order valence-electron chi connectivity index (χ4n) is 3.18. The molecule has 1 aliphatic rings. The lowest BCUT2D eigenvalue weighted by Gasteiger charge is -2.38. The predicted molar refractivity (Wildman–Crippen MR) is 90.8 cm³/mol. The number of halogens is 2. The minimum atomic E-state index is -0.932. The number of rotatable bonds is 6. The Morgan fingerprint density at radius 1 is 1.35 bits per heavy atom. The van der Waals surface area contributed by atoms with E-state index < -0.39 is 23.3 Å². The summed E-state index contributed by atoms with van der Waals surface area (Å²) in [6.07, 6.45) is 2.91. The van der Waals surface area contributed by atoms with Crippen molar-refractivity contribution in [1.82, 2.24) is 10.3 Å². The molecular formula is C19H20F2N2O3. The van der Waals surface area contributed by atoms with Crippen LogP contribution in [0.25, 0.3) is 0 Å². The molecule has 3 rings (SSSR count). The second kappa shape index (κ2) is 7.78. The lowest BCUT2D eigenvalue weighted by molar-refractivity contribution is 0.0237. The van der Waals surface area contributed by atoms with Crippen LogP contribution in [0.4, 0.5) is 8.78 Å². The SMILES string of the molecule is COc1c(F)cc(C(=O)N[C@@H](Cc2ccccn2)C2CC(O)C2)cc1F. The summed E-state index contributed by atoms with van der Waals surface area (Å²) in [6.45, 7) is 0. The number of benzene rings is 1. The summed E-state index contributed by atoms with van der Waals surface area (Å²) in [5.74, 6) is -2.87. The molecule has 0 aliphatic heterocycles. The van der Waals surface area contributed by atoms with E-state index in [2.05, 4.69) is 15.0 Å². The van der Waals surface area contributed by atoms with E-state index in [4.69, 9.17) is 0 Å². The summed E-state index contributed by atoms with van der Waals surface area (Å²) in [6, 6.07) is 7.11. The van der Waals surface area contributed by atoms with Crippen LogP contribution >= 0.6 is 0 Å². The lowest BCUT2D eigenvalue weighted by Crippen LogP contribution is -2.48. The van der Waals surface area contributed by atoms with Crippen LogP contribution in [-0.4, -0.2) is 35.3 Å². The van der Waals surface area contributed by atoms with Crippen molar-refractivity contribution >= 4 is 5.91 Å². The van der Waals surface area contributed by atoms with Crippen LogP contribution in [0, 0.1) is 17.6 Å².